The first kappa shape index (κ1) is 16.8. The van der Waals surface area contributed by atoms with Gasteiger partial charge in [0.1, 0.15) is 5.75 Å². The van der Waals surface area contributed by atoms with Gasteiger partial charge in [0.05, 0.1) is 7.11 Å². The van der Waals surface area contributed by atoms with Crippen LogP contribution >= 0.6 is 0 Å². The molecule has 0 saturated heterocycles. The van der Waals surface area contributed by atoms with E-state index < -0.39 is 0 Å². The molecule has 0 fully saturated rings. The number of benzene rings is 1. The van der Waals surface area contributed by atoms with E-state index in [2.05, 4.69) is 50.2 Å². The molecule has 0 aliphatic rings. The zero-order valence-corrected chi connectivity index (χ0v) is 13.6. The Morgan fingerprint density at radius 2 is 2.05 bits per heavy atom. The monoisotopic (exact) mass is 278 g/mol. The minimum atomic E-state index is 0.524. The van der Waals surface area contributed by atoms with E-state index in [1.807, 2.05) is 12.1 Å². The largest absolute Gasteiger partial charge is 0.497 e. The molecule has 3 heteroatoms. The molecule has 0 aliphatic heterocycles. The Kier molecular flexibility index (Phi) is 7.45. The summed E-state index contributed by atoms with van der Waals surface area (Å²) in [6.45, 7) is 8.90. The van der Waals surface area contributed by atoms with Crippen molar-refractivity contribution < 1.29 is 4.74 Å². The third kappa shape index (κ3) is 5.04. The second-order valence-electron chi connectivity index (χ2n) is 5.53. The van der Waals surface area contributed by atoms with E-state index in [9.17, 15) is 0 Å². The van der Waals surface area contributed by atoms with E-state index in [0.29, 0.717) is 12.0 Å². The highest BCUT2D eigenvalue weighted by atomic mass is 16.5. The molecule has 2 unspecified atom stereocenters. The summed E-state index contributed by atoms with van der Waals surface area (Å²) in [6.07, 6.45) is 2.38. The number of hydrogen-bond acceptors (Lipinski definition) is 3. The van der Waals surface area contributed by atoms with E-state index in [0.717, 1.165) is 18.8 Å². The van der Waals surface area contributed by atoms with Crippen LogP contribution in [0.25, 0.3) is 0 Å². The zero-order valence-electron chi connectivity index (χ0n) is 13.6. The van der Waals surface area contributed by atoms with Crippen molar-refractivity contribution >= 4 is 5.69 Å². The van der Waals surface area contributed by atoms with Gasteiger partial charge < -0.3 is 15.0 Å². The lowest BCUT2D eigenvalue weighted by molar-refractivity contribution is 0.369. The lowest BCUT2D eigenvalue weighted by Crippen LogP contribution is -2.44. The number of nitrogens with one attached hydrogen (secondary N) is 1. The maximum Gasteiger partial charge on any atom is 0.120 e. The summed E-state index contributed by atoms with van der Waals surface area (Å²) < 4.78 is 5.30. The maximum absolute atomic E-state index is 5.30. The summed E-state index contributed by atoms with van der Waals surface area (Å²) in [6, 6.07) is 8.78. The Morgan fingerprint density at radius 1 is 1.30 bits per heavy atom. The number of rotatable bonds is 9. The highest BCUT2D eigenvalue weighted by Gasteiger charge is 2.17. The SMILES string of the molecule is CCCNC(CN(C)c1cccc(OC)c1)C(C)CC. The van der Waals surface area contributed by atoms with Crippen molar-refractivity contribution in [1.82, 2.24) is 5.32 Å². The number of nitrogens with zero attached hydrogens (tertiary/aromatic N) is 1. The van der Waals surface area contributed by atoms with Crippen molar-refractivity contribution in [3.63, 3.8) is 0 Å². The first-order chi connectivity index (χ1) is 9.62. The Balaban J connectivity index is 2.70. The molecule has 1 rings (SSSR count). The van der Waals surface area contributed by atoms with Crippen LogP contribution in [0.1, 0.15) is 33.6 Å². The molecule has 0 saturated carbocycles. The Bertz CT molecular complexity index is 381. The molecule has 0 heterocycles. The first-order valence-electron chi connectivity index (χ1n) is 7.70. The van der Waals surface area contributed by atoms with Crippen LogP contribution in [-0.4, -0.2) is 33.3 Å². The van der Waals surface area contributed by atoms with E-state index in [4.69, 9.17) is 4.74 Å². The number of hydrogen-bond donors (Lipinski definition) is 1. The average molecular weight is 278 g/mol. The molecule has 1 aromatic carbocycles. The van der Waals surface area contributed by atoms with Gasteiger partial charge >= 0.3 is 0 Å². The van der Waals surface area contributed by atoms with Crippen molar-refractivity contribution in [3.8, 4) is 5.75 Å². The molecule has 1 N–H and O–H groups in total. The summed E-state index contributed by atoms with van der Waals surface area (Å²) >= 11 is 0. The van der Waals surface area contributed by atoms with Crippen LogP contribution in [0.2, 0.25) is 0 Å². The highest BCUT2D eigenvalue weighted by Crippen LogP contribution is 2.21. The van der Waals surface area contributed by atoms with Crippen LogP contribution in [-0.2, 0) is 0 Å². The fourth-order valence-electron chi connectivity index (χ4n) is 2.31. The molecular formula is C17H30N2O. The van der Waals surface area contributed by atoms with Gasteiger partial charge in [0, 0.05) is 31.4 Å². The van der Waals surface area contributed by atoms with E-state index in [1.165, 1.54) is 18.5 Å². The van der Waals surface area contributed by atoms with E-state index in [1.54, 1.807) is 7.11 Å². The van der Waals surface area contributed by atoms with Crippen LogP contribution in [0.4, 0.5) is 5.69 Å². The molecule has 3 nitrogen and oxygen atoms in total. The van der Waals surface area contributed by atoms with Crippen molar-refractivity contribution in [3.05, 3.63) is 24.3 Å². The molecule has 0 amide bonds. The van der Waals surface area contributed by atoms with Gasteiger partial charge in [-0.05, 0) is 31.0 Å². The Labute approximate surface area is 124 Å². The minimum Gasteiger partial charge on any atom is -0.497 e. The Morgan fingerprint density at radius 3 is 2.65 bits per heavy atom. The molecule has 0 bridgehead atoms. The van der Waals surface area contributed by atoms with Crippen LogP contribution < -0.4 is 15.0 Å². The summed E-state index contributed by atoms with van der Waals surface area (Å²) in [5.41, 5.74) is 1.20. The molecule has 0 aliphatic carbocycles. The fraction of sp³-hybridized carbons (Fsp3) is 0.647. The van der Waals surface area contributed by atoms with Gasteiger partial charge in [0.25, 0.3) is 0 Å². The molecule has 20 heavy (non-hydrogen) atoms. The standard InChI is InChI=1S/C17H30N2O/c1-6-11-18-17(14(3)7-2)13-19(4)15-9-8-10-16(12-15)20-5/h8-10,12,14,17-18H,6-7,11,13H2,1-5H3. The summed E-state index contributed by atoms with van der Waals surface area (Å²) in [4.78, 5) is 2.31. The van der Waals surface area contributed by atoms with Gasteiger partial charge in [-0.2, -0.15) is 0 Å². The van der Waals surface area contributed by atoms with E-state index in [-0.39, 0.29) is 0 Å². The molecule has 0 spiro atoms. The zero-order chi connectivity index (χ0) is 15.0. The average Bonchev–Trinajstić information content (AvgIpc) is 2.50. The molecule has 0 radical (unpaired) electrons. The maximum atomic E-state index is 5.30. The first-order valence-corrected chi connectivity index (χ1v) is 7.70. The van der Waals surface area contributed by atoms with Crippen LogP contribution in [0.3, 0.4) is 0 Å². The van der Waals surface area contributed by atoms with Crippen molar-refractivity contribution in [2.45, 2.75) is 39.7 Å². The number of methoxy groups -OCH3 is 1. The van der Waals surface area contributed by atoms with E-state index >= 15 is 0 Å². The number of likely N-dealkylation sites (N-methyl/N-ethyl adjacent to an activating group) is 1. The van der Waals surface area contributed by atoms with Crippen LogP contribution in [0, 0.1) is 5.92 Å². The van der Waals surface area contributed by atoms with Gasteiger partial charge in [-0.3, -0.25) is 0 Å². The number of ether oxygens (including phenoxy) is 1. The third-order valence-corrected chi connectivity index (χ3v) is 3.95. The second-order valence-corrected chi connectivity index (χ2v) is 5.53. The molecular weight excluding hydrogens is 248 g/mol. The highest BCUT2D eigenvalue weighted by molar-refractivity contribution is 5.50. The Hall–Kier alpha value is -1.22. The predicted octanol–water partition coefficient (Wildman–Crippen LogP) is 3.55. The lowest BCUT2D eigenvalue weighted by atomic mass is 9.98. The molecule has 114 valence electrons. The van der Waals surface area contributed by atoms with Crippen LogP contribution in [0.5, 0.6) is 5.75 Å². The minimum absolute atomic E-state index is 0.524. The smallest absolute Gasteiger partial charge is 0.120 e. The predicted molar refractivity (Wildman–Crippen MR) is 87.8 cm³/mol. The van der Waals surface area contributed by atoms with Gasteiger partial charge in [-0.1, -0.05) is 33.3 Å². The van der Waals surface area contributed by atoms with Gasteiger partial charge in [0.2, 0.25) is 0 Å². The summed E-state index contributed by atoms with van der Waals surface area (Å²) in [5.74, 6) is 1.59. The quantitative estimate of drug-likeness (QED) is 0.747. The molecule has 1 aromatic rings. The van der Waals surface area contributed by atoms with Gasteiger partial charge in [-0.25, -0.2) is 0 Å². The van der Waals surface area contributed by atoms with Gasteiger partial charge in [-0.15, -0.1) is 0 Å². The van der Waals surface area contributed by atoms with Crippen molar-refractivity contribution in [2.24, 2.45) is 5.92 Å². The fourth-order valence-corrected chi connectivity index (χ4v) is 2.31. The molecule has 2 atom stereocenters. The number of anilines is 1. The summed E-state index contributed by atoms with van der Waals surface area (Å²) in [7, 11) is 3.86. The van der Waals surface area contributed by atoms with Crippen molar-refractivity contribution in [2.75, 3.05) is 32.1 Å². The topological polar surface area (TPSA) is 24.5 Å². The van der Waals surface area contributed by atoms with Crippen molar-refractivity contribution in [1.29, 1.82) is 0 Å². The molecule has 0 aromatic heterocycles. The lowest BCUT2D eigenvalue weighted by Gasteiger charge is -2.30. The second kappa shape index (κ2) is 8.85. The summed E-state index contributed by atoms with van der Waals surface area (Å²) in [5, 5.41) is 3.68. The normalized spacial score (nSPS) is 13.8. The van der Waals surface area contributed by atoms with Gasteiger partial charge in [0.15, 0.2) is 0 Å². The van der Waals surface area contributed by atoms with Crippen LogP contribution in [0.15, 0.2) is 24.3 Å². The third-order valence-electron chi connectivity index (χ3n) is 3.95.